The normalized spacial score (nSPS) is 14.0. The molecule has 6 heteroatoms. The average Bonchev–Trinajstić information content (AvgIpc) is 2.85. The van der Waals surface area contributed by atoms with Crippen molar-refractivity contribution in [1.29, 1.82) is 0 Å². The van der Waals surface area contributed by atoms with Gasteiger partial charge in [0.2, 0.25) is 0 Å². The third-order valence-electron chi connectivity index (χ3n) is 6.22. The number of benzene rings is 1. The number of hydrogen-bond acceptors (Lipinski definition) is 5. The van der Waals surface area contributed by atoms with E-state index in [1.54, 1.807) is 12.3 Å². The van der Waals surface area contributed by atoms with Crippen LogP contribution in [0.2, 0.25) is 0 Å². The molecule has 0 saturated carbocycles. The minimum atomic E-state index is -0.283. The first kappa shape index (κ1) is 23.6. The molecule has 1 saturated heterocycles. The van der Waals surface area contributed by atoms with Crippen LogP contribution >= 0.6 is 0 Å². The van der Waals surface area contributed by atoms with Gasteiger partial charge in [0.25, 0.3) is 5.91 Å². The minimum Gasteiger partial charge on any atom is -0.398 e. The number of hydrogen-bond donors (Lipinski definition) is 2. The van der Waals surface area contributed by atoms with Crippen LogP contribution in [-0.2, 0) is 17.8 Å². The summed E-state index contributed by atoms with van der Waals surface area (Å²) < 4.78 is 0. The van der Waals surface area contributed by atoms with E-state index in [1.165, 1.54) is 24.8 Å². The molecule has 0 aliphatic carbocycles. The van der Waals surface area contributed by atoms with Gasteiger partial charge in [-0.25, -0.2) is 0 Å². The number of pyridine rings is 2. The summed E-state index contributed by atoms with van der Waals surface area (Å²) in [6, 6.07) is 11.6. The fraction of sp³-hybridized carbons (Fsp3) is 0.321. The zero-order valence-corrected chi connectivity index (χ0v) is 19.9. The predicted molar refractivity (Wildman–Crippen MR) is 139 cm³/mol. The lowest BCUT2D eigenvalue weighted by atomic mass is 9.97. The number of carbonyl (C=O) groups excluding carboxylic acids is 1. The number of nitrogens with two attached hydrogens (primary N) is 1. The molecule has 4 rings (SSSR count). The second-order valence-electron chi connectivity index (χ2n) is 8.94. The second-order valence-corrected chi connectivity index (χ2v) is 8.94. The summed E-state index contributed by atoms with van der Waals surface area (Å²) in [5, 5.41) is 2.93. The van der Waals surface area contributed by atoms with E-state index in [9.17, 15) is 4.79 Å². The minimum absolute atomic E-state index is 0.283. The van der Waals surface area contributed by atoms with Crippen LogP contribution < -0.4 is 11.1 Å². The van der Waals surface area contributed by atoms with Gasteiger partial charge in [0.05, 0.1) is 0 Å². The average molecular weight is 456 g/mol. The lowest BCUT2D eigenvalue weighted by Crippen LogP contribution is -2.29. The molecule has 0 spiro atoms. The fourth-order valence-corrected chi connectivity index (χ4v) is 4.38. The zero-order valence-electron chi connectivity index (χ0n) is 19.9. The molecule has 2 aromatic heterocycles. The van der Waals surface area contributed by atoms with Gasteiger partial charge in [-0.15, -0.1) is 0 Å². The van der Waals surface area contributed by atoms with Gasteiger partial charge < -0.3 is 11.1 Å². The van der Waals surface area contributed by atoms with Gasteiger partial charge in [-0.2, -0.15) is 0 Å². The number of anilines is 2. The number of nitrogens with zero attached hydrogens (tertiary/aromatic N) is 3. The van der Waals surface area contributed by atoms with Gasteiger partial charge >= 0.3 is 0 Å². The Morgan fingerprint density at radius 3 is 2.71 bits per heavy atom. The van der Waals surface area contributed by atoms with Crippen molar-refractivity contribution in [1.82, 2.24) is 14.9 Å². The molecular formula is C28H33N5O. The Labute approximate surface area is 201 Å². The van der Waals surface area contributed by atoms with Crippen molar-refractivity contribution in [3.8, 4) is 11.1 Å². The van der Waals surface area contributed by atoms with Crippen LogP contribution in [0.1, 0.15) is 49.4 Å². The Balaban J connectivity index is 1.51. The Morgan fingerprint density at radius 1 is 1.09 bits per heavy atom. The number of nitrogen functional groups attached to an aromatic ring is 1. The molecule has 0 atom stereocenters. The Hall–Kier alpha value is -3.51. The molecule has 176 valence electrons. The van der Waals surface area contributed by atoms with Crippen LogP contribution in [0.3, 0.4) is 0 Å². The summed E-state index contributed by atoms with van der Waals surface area (Å²) >= 11 is 0. The highest BCUT2D eigenvalue weighted by atomic mass is 16.1. The molecule has 1 aliphatic rings. The van der Waals surface area contributed by atoms with Crippen LogP contribution in [-0.4, -0.2) is 33.9 Å². The number of rotatable bonds is 8. The molecule has 1 fully saturated rings. The Kier molecular flexibility index (Phi) is 7.70. The second kappa shape index (κ2) is 11.1. The van der Waals surface area contributed by atoms with E-state index in [4.69, 9.17) is 5.73 Å². The fourth-order valence-electron chi connectivity index (χ4n) is 4.38. The first-order chi connectivity index (χ1) is 16.5. The van der Waals surface area contributed by atoms with Gasteiger partial charge in [-0.05, 0) is 73.8 Å². The summed E-state index contributed by atoms with van der Waals surface area (Å²) in [5.74, 6) is -0.283. The van der Waals surface area contributed by atoms with Gasteiger partial charge in [-0.1, -0.05) is 32.4 Å². The highest BCUT2D eigenvalue weighted by Gasteiger charge is 2.15. The molecule has 0 radical (unpaired) electrons. The molecule has 1 amide bonds. The van der Waals surface area contributed by atoms with Crippen molar-refractivity contribution in [3.63, 3.8) is 0 Å². The predicted octanol–water partition coefficient (Wildman–Crippen LogP) is 5.32. The van der Waals surface area contributed by atoms with Crippen molar-refractivity contribution < 1.29 is 4.79 Å². The lowest BCUT2D eigenvalue weighted by molar-refractivity contribution is -0.111. The van der Waals surface area contributed by atoms with E-state index in [2.05, 4.69) is 39.8 Å². The van der Waals surface area contributed by atoms with Crippen molar-refractivity contribution in [2.75, 3.05) is 24.1 Å². The number of piperidine rings is 1. The van der Waals surface area contributed by atoms with Crippen molar-refractivity contribution in [2.24, 2.45) is 0 Å². The molecule has 3 aromatic rings. The van der Waals surface area contributed by atoms with E-state index in [0.29, 0.717) is 22.5 Å². The number of aryl methyl sites for hydroxylation is 1. The number of nitrogens with one attached hydrogen (secondary N) is 1. The summed E-state index contributed by atoms with van der Waals surface area (Å²) in [4.78, 5) is 24.2. The van der Waals surface area contributed by atoms with Crippen LogP contribution in [0.4, 0.5) is 11.4 Å². The topological polar surface area (TPSA) is 84.1 Å². The SMILES string of the molecule is C=C(C(=O)Nc1ccnc(CCC)c1)c1cc(-c2cncc(CN3CCCCC3)c2)ccc1N. The number of aromatic nitrogens is 2. The van der Waals surface area contributed by atoms with Gasteiger partial charge in [0.1, 0.15) is 0 Å². The summed E-state index contributed by atoms with van der Waals surface area (Å²) in [6.07, 6.45) is 11.2. The standard InChI is InChI=1S/C28H33N5O/c1-3-7-24-16-25(10-11-31-24)32-28(34)20(2)26-15-22(8-9-27(26)29)23-14-21(17-30-18-23)19-33-12-5-4-6-13-33/h8-11,14-18H,2-7,12-13,19,29H2,1H3,(H,31,32,34). The highest BCUT2D eigenvalue weighted by Crippen LogP contribution is 2.29. The highest BCUT2D eigenvalue weighted by molar-refractivity contribution is 6.25. The third kappa shape index (κ3) is 5.88. The van der Waals surface area contributed by atoms with Crippen molar-refractivity contribution in [2.45, 2.75) is 45.6 Å². The molecule has 3 N–H and O–H groups in total. The van der Waals surface area contributed by atoms with E-state index >= 15 is 0 Å². The van der Waals surface area contributed by atoms with Crippen LogP contribution in [0, 0.1) is 0 Å². The first-order valence-corrected chi connectivity index (χ1v) is 12.0. The molecule has 1 aromatic carbocycles. The lowest BCUT2D eigenvalue weighted by Gasteiger charge is -2.26. The van der Waals surface area contributed by atoms with Gasteiger partial charge in [0.15, 0.2) is 0 Å². The van der Waals surface area contributed by atoms with E-state index in [0.717, 1.165) is 49.3 Å². The van der Waals surface area contributed by atoms with Gasteiger partial charge in [-0.3, -0.25) is 19.7 Å². The molecular weight excluding hydrogens is 422 g/mol. The number of likely N-dealkylation sites (tertiary alicyclic amines) is 1. The van der Waals surface area contributed by atoms with Crippen LogP contribution in [0.25, 0.3) is 16.7 Å². The molecule has 34 heavy (non-hydrogen) atoms. The smallest absolute Gasteiger partial charge is 0.255 e. The summed E-state index contributed by atoms with van der Waals surface area (Å²) in [5.41, 5.74) is 12.5. The van der Waals surface area contributed by atoms with E-state index < -0.39 is 0 Å². The molecule has 0 unspecified atom stereocenters. The third-order valence-corrected chi connectivity index (χ3v) is 6.22. The summed E-state index contributed by atoms with van der Waals surface area (Å²) in [7, 11) is 0. The molecule has 3 heterocycles. The first-order valence-electron chi connectivity index (χ1n) is 12.0. The van der Waals surface area contributed by atoms with Crippen molar-refractivity contribution in [3.05, 3.63) is 78.4 Å². The largest absolute Gasteiger partial charge is 0.398 e. The molecule has 1 aliphatic heterocycles. The maximum Gasteiger partial charge on any atom is 0.255 e. The maximum absolute atomic E-state index is 13.0. The summed E-state index contributed by atoms with van der Waals surface area (Å²) in [6.45, 7) is 9.33. The number of carbonyl (C=O) groups is 1. The monoisotopic (exact) mass is 455 g/mol. The maximum atomic E-state index is 13.0. The van der Waals surface area contributed by atoms with Crippen LogP contribution in [0.5, 0.6) is 0 Å². The zero-order chi connectivity index (χ0) is 23.9. The quantitative estimate of drug-likeness (QED) is 0.355. The van der Waals surface area contributed by atoms with E-state index in [1.807, 2.05) is 36.7 Å². The Bertz CT molecular complexity index is 1170. The van der Waals surface area contributed by atoms with Gasteiger partial charge in [0, 0.05) is 58.9 Å². The van der Waals surface area contributed by atoms with E-state index in [-0.39, 0.29) is 5.91 Å². The molecule has 0 bridgehead atoms. The van der Waals surface area contributed by atoms with Crippen molar-refractivity contribution >= 4 is 22.9 Å². The Morgan fingerprint density at radius 2 is 1.91 bits per heavy atom. The number of amides is 1. The van der Waals surface area contributed by atoms with Crippen LogP contribution in [0.15, 0.2) is 61.6 Å². The molecule has 6 nitrogen and oxygen atoms in total.